The van der Waals surface area contributed by atoms with Crippen LogP contribution < -0.4 is 10.6 Å². The SMILES string of the molecule is O=C(N[C@@H](Cc1c[nH]c2ccccc12)C(=O)NCCc1ccccc1)C1CC1. The van der Waals surface area contributed by atoms with Crippen LogP contribution in [0.25, 0.3) is 10.9 Å². The second-order valence-corrected chi connectivity index (χ2v) is 7.43. The largest absolute Gasteiger partial charge is 0.361 e. The highest BCUT2D eigenvalue weighted by molar-refractivity contribution is 5.90. The van der Waals surface area contributed by atoms with Crippen LogP contribution >= 0.6 is 0 Å². The summed E-state index contributed by atoms with van der Waals surface area (Å²) in [6, 6.07) is 17.5. The van der Waals surface area contributed by atoms with Crippen LogP contribution in [0.5, 0.6) is 0 Å². The van der Waals surface area contributed by atoms with Crippen LogP contribution in [0.2, 0.25) is 0 Å². The molecule has 0 spiro atoms. The number of fused-ring (bicyclic) bond motifs is 1. The minimum absolute atomic E-state index is 0.0111. The quantitative estimate of drug-likeness (QED) is 0.566. The molecule has 0 aliphatic heterocycles. The van der Waals surface area contributed by atoms with Crippen molar-refractivity contribution in [1.29, 1.82) is 0 Å². The predicted octanol–water partition coefficient (Wildman–Crippen LogP) is 2.96. The fraction of sp³-hybridized carbons (Fsp3) is 0.304. The molecule has 0 unspecified atom stereocenters. The van der Waals surface area contributed by atoms with Crippen molar-refractivity contribution in [2.45, 2.75) is 31.7 Å². The number of hydrogen-bond donors (Lipinski definition) is 3. The van der Waals surface area contributed by atoms with Crippen molar-refractivity contribution in [2.24, 2.45) is 5.92 Å². The molecule has 0 radical (unpaired) electrons. The van der Waals surface area contributed by atoms with Crippen molar-refractivity contribution < 1.29 is 9.59 Å². The minimum atomic E-state index is -0.567. The lowest BCUT2D eigenvalue weighted by molar-refractivity contribution is -0.129. The molecule has 2 amide bonds. The summed E-state index contributed by atoms with van der Waals surface area (Å²) in [7, 11) is 0. The van der Waals surface area contributed by atoms with Gasteiger partial charge in [-0.25, -0.2) is 0 Å². The van der Waals surface area contributed by atoms with Gasteiger partial charge in [0.05, 0.1) is 0 Å². The molecule has 4 rings (SSSR count). The minimum Gasteiger partial charge on any atom is -0.361 e. The summed E-state index contributed by atoms with van der Waals surface area (Å²) in [6.07, 6.45) is 5.00. The third-order valence-corrected chi connectivity index (χ3v) is 5.24. The number of carbonyl (C=O) groups excluding carboxylic acids is 2. The number of aromatic amines is 1. The maximum Gasteiger partial charge on any atom is 0.242 e. The van der Waals surface area contributed by atoms with Gasteiger partial charge in [0.1, 0.15) is 6.04 Å². The Morgan fingerprint density at radius 1 is 1.04 bits per heavy atom. The van der Waals surface area contributed by atoms with E-state index < -0.39 is 6.04 Å². The van der Waals surface area contributed by atoms with Crippen molar-refractivity contribution >= 4 is 22.7 Å². The number of benzene rings is 2. The average Bonchev–Trinajstić information content (AvgIpc) is 3.50. The molecule has 2 aromatic carbocycles. The summed E-state index contributed by atoms with van der Waals surface area (Å²) in [4.78, 5) is 28.4. The Labute approximate surface area is 164 Å². The number of aromatic nitrogens is 1. The lowest BCUT2D eigenvalue weighted by Crippen LogP contribution is -2.48. The lowest BCUT2D eigenvalue weighted by atomic mass is 10.0. The van der Waals surface area contributed by atoms with Gasteiger partial charge in [0, 0.05) is 36.0 Å². The number of nitrogens with one attached hydrogen (secondary N) is 3. The molecule has 144 valence electrons. The first kappa shape index (κ1) is 18.3. The fourth-order valence-electron chi connectivity index (χ4n) is 3.46. The molecule has 5 nitrogen and oxygen atoms in total. The van der Waals surface area contributed by atoms with E-state index >= 15 is 0 Å². The first-order chi connectivity index (χ1) is 13.7. The molecule has 0 bridgehead atoms. The fourth-order valence-corrected chi connectivity index (χ4v) is 3.46. The van der Waals surface area contributed by atoms with E-state index in [0.717, 1.165) is 35.7 Å². The van der Waals surface area contributed by atoms with E-state index in [2.05, 4.69) is 15.6 Å². The van der Waals surface area contributed by atoms with Crippen LogP contribution in [0.3, 0.4) is 0 Å². The number of hydrogen-bond acceptors (Lipinski definition) is 2. The van der Waals surface area contributed by atoms with Crippen molar-refractivity contribution in [1.82, 2.24) is 15.6 Å². The highest BCUT2D eigenvalue weighted by atomic mass is 16.2. The zero-order chi connectivity index (χ0) is 19.3. The lowest BCUT2D eigenvalue weighted by Gasteiger charge is -2.18. The number of para-hydroxylation sites is 1. The topological polar surface area (TPSA) is 74.0 Å². The molecule has 1 fully saturated rings. The second kappa shape index (κ2) is 8.30. The first-order valence-electron chi connectivity index (χ1n) is 9.88. The van der Waals surface area contributed by atoms with Gasteiger partial charge in [0.2, 0.25) is 11.8 Å². The van der Waals surface area contributed by atoms with Crippen molar-refractivity contribution in [3.05, 3.63) is 71.9 Å². The van der Waals surface area contributed by atoms with E-state index in [1.54, 1.807) is 0 Å². The number of rotatable bonds is 8. The monoisotopic (exact) mass is 375 g/mol. The van der Waals surface area contributed by atoms with Gasteiger partial charge in [-0.3, -0.25) is 9.59 Å². The molecule has 1 aliphatic rings. The molecular formula is C23H25N3O2. The van der Waals surface area contributed by atoms with Gasteiger partial charge < -0.3 is 15.6 Å². The Kier molecular flexibility index (Phi) is 5.42. The average molecular weight is 375 g/mol. The van der Waals surface area contributed by atoms with E-state index in [-0.39, 0.29) is 17.7 Å². The Morgan fingerprint density at radius 3 is 2.57 bits per heavy atom. The molecule has 28 heavy (non-hydrogen) atoms. The van der Waals surface area contributed by atoms with E-state index in [4.69, 9.17) is 0 Å². The van der Waals surface area contributed by atoms with Crippen LogP contribution in [-0.2, 0) is 22.4 Å². The standard InChI is InChI=1S/C23H25N3O2/c27-22(17-10-11-17)26-21(14-18-15-25-20-9-5-4-8-19(18)20)23(28)24-13-12-16-6-2-1-3-7-16/h1-9,15,17,21,25H,10-14H2,(H,24,28)(H,26,27)/t21-/m0/s1. The number of amides is 2. The third kappa shape index (κ3) is 4.42. The van der Waals surface area contributed by atoms with Gasteiger partial charge in [0.25, 0.3) is 0 Å². The zero-order valence-corrected chi connectivity index (χ0v) is 15.8. The molecule has 3 N–H and O–H groups in total. The molecular weight excluding hydrogens is 350 g/mol. The predicted molar refractivity (Wildman–Crippen MR) is 110 cm³/mol. The maximum absolute atomic E-state index is 12.8. The molecule has 1 heterocycles. The normalized spacial score (nSPS) is 14.6. The van der Waals surface area contributed by atoms with Crippen LogP contribution in [-0.4, -0.2) is 29.4 Å². The molecule has 0 saturated heterocycles. The van der Waals surface area contributed by atoms with Crippen LogP contribution in [0.4, 0.5) is 0 Å². The Balaban J connectivity index is 1.43. The van der Waals surface area contributed by atoms with Gasteiger partial charge in [-0.1, -0.05) is 48.5 Å². The Morgan fingerprint density at radius 2 is 1.79 bits per heavy atom. The summed E-state index contributed by atoms with van der Waals surface area (Å²) in [5.74, 6) is -0.0687. The summed E-state index contributed by atoms with van der Waals surface area (Å²) >= 11 is 0. The van der Waals surface area contributed by atoms with E-state index in [1.165, 1.54) is 5.56 Å². The second-order valence-electron chi connectivity index (χ2n) is 7.43. The van der Waals surface area contributed by atoms with Crippen LogP contribution in [0.15, 0.2) is 60.8 Å². The number of H-pyrrole nitrogens is 1. The summed E-state index contributed by atoms with van der Waals surface area (Å²) in [5, 5.41) is 7.05. The molecule has 1 aliphatic carbocycles. The Bertz CT molecular complexity index is 960. The summed E-state index contributed by atoms with van der Waals surface area (Å²) in [6.45, 7) is 0.548. The molecule has 1 saturated carbocycles. The first-order valence-corrected chi connectivity index (χ1v) is 9.88. The molecule has 1 aromatic heterocycles. The van der Waals surface area contributed by atoms with Gasteiger partial charge in [0.15, 0.2) is 0 Å². The van der Waals surface area contributed by atoms with Gasteiger partial charge >= 0.3 is 0 Å². The molecule has 5 heteroatoms. The van der Waals surface area contributed by atoms with Gasteiger partial charge in [-0.2, -0.15) is 0 Å². The Hall–Kier alpha value is -3.08. The van der Waals surface area contributed by atoms with Crippen LogP contribution in [0, 0.1) is 5.92 Å². The van der Waals surface area contributed by atoms with E-state index in [1.807, 2.05) is 60.8 Å². The van der Waals surface area contributed by atoms with Crippen molar-refractivity contribution in [3.8, 4) is 0 Å². The van der Waals surface area contributed by atoms with E-state index in [0.29, 0.717) is 13.0 Å². The smallest absolute Gasteiger partial charge is 0.242 e. The van der Waals surface area contributed by atoms with Crippen LogP contribution in [0.1, 0.15) is 24.0 Å². The van der Waals surface area contributed by atoms with Crippen molar-refractivity contribution in [3.63, 3.8) is 0 Å². The van der Waals surface area contributed by atoms with E-state index in [9.17, 15) is 9.59 Å². The van der Waals surface area contributed by atoms with Crippen molar-refractivity contribution in [2.75, 3.05) is 6.54 Å². The van der Waals surface area contributed by atoms with Gasteiger partial charge in [-0.15, -0.1) is 0 Å². The zero-order valence-electron chi connectivity index (χ0n) is 15.8. The highest BCUT2D eigenvalue weighted by Gasteiger charge is 2.32. The molecule has 3 aromatic rings. The van der Waals surface area contributed by atoms with Gasteiger partial charge in [-0.05, 0) is 36.5 Å². The highest BCUT2D eigenvalue weighted by Crippen LogP contribution is 2.29. The maximum atomic E-state index is 12.8. The third-order valence-electron chi connectivity index (χ3n) is 5.24. The summed E-state index contributed by atoms with van der Waals surface area (Å²) < 4.78 is 0. The molecule has 1 atom stereocenters. The summed E-state index contributed by atoms with van der Waals surface area (Å²) in [5.41, 5.74) is 3.25. The number of carbonyl (C=O) groups is 2.